The highest BCUT2D eigenvalue weighted by atomic mass is 32.2. The lowest BCUT2D eigenvalue weighted by molar-refractivity contribution is 0.153. The Morgan fingerprint density at radius 3 is 2.29 bits per heavy atom. The molecule has 38 heavy (non-hydrogen) atoms. The molecule has 0 unspecified atom stereocenters. The monoisotopic (exact) mass is 582 g/mol. The molecule has 2 aromatic carbocycles. The topological polar surface area (TPSA) is 136 Å². The number of hydrogen-bond acceptors (Lipinski definition) is 9. The number of aliphatic hydroxyl groups excluding tert-OH is 1. The van der Waals surface area contributed by atoms with Crippen LogP contribution in [0.25, 0.3) is 11.1 Å². The Bertz CT molecular complexity index is 1500. The summed E-state index contributed by atoms with van der Waals surface area (Å²) in [5.74, 6) is -0.0696. The van der Waals surface area contributed by atoms with Crippen LogP contribution < -0.4 is 8.49 Å². The van der Waals surface area contributed by atoms with Crippen LogP contribution in [0, 0.1) is 13.8 Å². The molecule has 0 radical (unpaired) electrons. The van der Waals surface area contributed by atoms with E-state index < -0.39 is 28.2 Å². The first-order valence-electron chi connectivity index (χ1n) is 11.9. The molecular weight excluding hydrogens is 549 g/mol. The summed E-state index contributed by atoms with van der Waals surface area (Å²) in [7, 11) is -9.68. The molecule has 0 fully saturated rings. The van der Waals surface area contributed by atoms with Crippen molar-refractivity contribution in [2.24, 2.45) is 0 Å². The Kier molecular flexibility index (Phi) is 9.09. The molecule has 0 atom stereocenters. The van der Waals surface area contributed by atoms with Crippen LogP contribution in [0.5, 0.6) is 5.75 Å². The van der Waals surface area contributed by atoms with Gasteiger partial charge in [-0.1, -0.05) is 55.1 Å². The zero-order valence-corrected chi connectivity index (χ0v) is 25.0. The fraction of sp³-hybridized carbons (Fsp3) is 0.400. The minimum atomic E-state index is -4.30. The number of sulfonamides is 1. The Morgan fingerprint density at radius 2 is 1.71 bits per heavy atom. The molecule has 208 valence electrons. The third kappa shape index (κ3) is 7.23. The van der Waals surface area contributed by atoms with Crippen LogP contribution in [-0.2, 0) is 31.5 Å². The summed E-state index contributed by atoms with van der Waals surface area (Å²) in [6, 6.07) is 11.5. The third-order valence-electron chi connectivity index (χ3n) is 5.78. The van der Waals surface area contributed by atoms with E-state index in [0.717, 1.165) is 16.6 Å². The zero-order valence-electron chi connectivity index (χ0n) is 22.4. The molecule has 3 rings (SSSR count). The summed E-state index contributed by atoms with van der Waals surface area (Å²) in [5, 5.41) is 13.5. The molecule has 3 aromatic rings. The molecule has 1 N–H and O–H groups in total. The largest absolute Gasteiger partial charge is 0.392 e. The highest BCUT2D eigenvalue weighted by Gasteiger charge is 2.33. The predicted octanol–water partition coefficient (Wildman–Crippen LogP) is 4.30. The summed E-state index contributed by atoms with van der Waals surface area (Å²) in [6.07, 6.45) is 0.888. The molecule has 0 bridgehead atoms. The van der Waals surface area contributed by atoms with Gasteiger partial charge in [0.2, 0.25) is 5.88 Å². The lowest BCUT2D eigenvalue weighted by atomic mass is 10.0. The van der Waals surface area contributed by atoms with E-state index in [2.05, 4.69) is 24.8 Å². The van der Waals surface area contributed by atoms with Gasteiger partial charge in [0.1, 0.15) is 6.73 Å². The molecule has 0 aliphatic carbocycles. The van der Waals surface area contributed by atoms with Gasteiger partial charge >= 0.3 is 10.1 Å². The van der Waals surface area contributed by atoms with Crippen molar-refractivity contribution in [2.45, 2.75) is 51.0 Å². The number of aryl methyl sites for hydroxylation is 1. The molecule has 0 spiro atoms. The van der Waals surface area contributed by atoms with Crippen LogP contribution in [0.2, 0.25) is 25.7 Å². The molecule has 0 aliphatic rings. The normalized spacial score (nSPS) is 12.5. The van der Waals surface area contributed by atoms with E-state index >= 15 is 0 Å². The number of benzene rings is 2. The van der Waals surface area contributed by atoms with E-state index in [1.165, 1.54) is 18.2 Å². The van der Waals surface area contributed by atoms with Crippen LogP contribution in [0.4, 0.5) is 5.88 Å². The highest BCUT2D eigenvalue weighted by Crippen LogP contribution is 2.38. The van der Waals surface area contributed by atoms with Crippen molar-refractivity contribution in [1.29, 1.82) is 0 Å². The van der Waals surface area contributed by atoms with Crippen LogP contribution >= 0.6 is 0 Å². The van der Waals surface area contributed by atoms with Gasteiger partial charge in [-0.2, -0.15) is 8.42 Å². The highest BCUT2D eigenvalue weighted by molar-refractivity contribution is 7.93. The smallest absolute Gasteiger partial charge is 0.306 e. The first-order chi connectivity index (χ1) is 17.6. The fourth-order valence-electron chi connectivity index (χ4n) is 3.55. The quantitative estimate of drug-likeness (QED) is 0.143. The van der Waals surface area contributed by atoms with Crippen molar-refractivity contribution in [1.82, 2.24) is 5.16 Å². The average Bonchev–Trinajstić information content (AvgIpc) is 3.15. The van der Waals surface area contributed by atoms with Crippen molar-refractivity contribution < 1.29 is 35.4 Å². The number of nitrogens with zero attached hydrogens (tertiary/aromatic N) is 2. The molecular formula is C25H34N2O8S2Si. The summed E-state index contributed by atoms with van der Waals surface area (Å²) in [6.45, 7) is 9.74. The van der Waals surface area contributed by atoms with Gasteiger partial charge in [-0.15, -0.1) is 0 Å². The second kappa shape index (κ2) is 11.6. The lowest BCUT2D eigenvalue weighted by Gasteiger charge is -2.24. The molecule has 0 saturated heterocycles. The van der Waals surface area contributed by atoms with Crippen molar-refractivity contribution in [3.63, 3.8) is 0 Å². The Balaban J connectivity index is 2.14. The molecule has 13 heteroatoms. The second-order valence-electron chi connectivity index (χ2n) is 10.2. The molecule has 0 saturated carbocycles. The average molecular weight is 583 g/mol. The second-order valence-corrected chi connectivity index (χ2v) is 19.2. The van der Waals surface area contributed by atoms with Gasteiger partial charge < -0.3 is 18.5 Å². The summed E-state index contributed by atoms with van der Waals surface area (Å²) < 4.78 is 69.7. The summed E-state index contributed by atoms with van der Waals surface area (Å²) in [5.41, 5.74) is 1.92. The minimum absolute atomic E-state index is 0.0357. The number of ether oxygens (including phenoxy) is 1. The maximum absolute atomic E-state index is 14.2. The number of aromatic nitrogens is 1. The van der Waals surface area contributed by atoms with Gasteiger partial charge in [0, 0.05) is 31.4 Å². The van der Waals surface area contributed by atoms with E-state index in [-0.39, 0.29) is 41.0 Å². The Morgan fingerprint density at radius 1 is 1.03 bits per heavy atom. The zero-order chi connectivity index (χ0) is 28.3. The fourth-order valence-corrected chi connectivity index (χ4v) is 6.32. The van der Waals surface area contributed by atoms with E-state index in [9.17, 15) is 21.9 Å². The number of anilines is 1. The maximum Gasteiger partial charge on any atom is 0.306 e. The molecule has 0 amide bonds. The minimum Gasteiger partial charge on any atom is -0.392 e. The van der Waals surface area contributed by atoms with Gasteiger partial charge in [0.15, 0.2) is 5.75 Å². The molecule has 0 aliphatic heterocycles. The molecule has 1 aromatic heterocycles. The van der Waals surface area contributed by atoms with Gasteiger partial charge in [-0.25, -0.2) is 12.7 Å². The van der Waals surface area contributed by atoms with Gasteiger partial charge in [-0.05, 0) is 37.6 Å². The van der Waals surface area contributed by atoms with Crippen molar-refractivity contribution in [3.8, 4) is 16.9 Å². The van der Waals surface area contributed by atoms with Crippen LogP contribution in [0.1, 0.15) is 16.8 Å². The van der Waals surface area contributed by atoms with E-state index in [0.29, 0.717) is 23.4 Å². The van der Waals surface area contributed by atoms with E-state index in [1.807, 2.05) is 0 Å². The van der Waals surface area contributed by atoms with E-state index in [4.69, 9.17) is 13.4 Å². The molecule has 1 heterocycles. The lowest BCUT2D eigenvalue weighted by Crippen LogP contribution is -2.34. The van der Waals surface area contributed by atoms with Gasteiger partial charge in [-0.3, -0.25) is 0 Å². The van der Waals surface area contributed by atoms with Crippen molar-refractivity contribution in [2.75, 3.05) is 23.9 Å². The number of hydrogen-bond donors (Lipinski definition) is 1. The van der Waals surface area contributed by atoms with Gasteiger partial charge in [0.25, 0.3) is 10.0 Å². The van der Waals surface area contributed by atoms with Gasteiger partial charge in [0.05, 0.1) is 23.5 Å². The summed E-state index contributed by atoms with van der Waals surface area (Å²) in [4.78, 5) is -0.114. The number of rotatable bonds is 12. The first kappa shape index (κ1) is 29.8. The predicted molar refractivity (Wildman–Crippen MR) is 148 cm³/mol. The SMILES string of the molecule is Cc1noc(N(COCC[Si](C)(C)C)S(=O)(=O)c2ccccc2-c2ccc(CO)cc2OS(C)(=O)=O)c1C. The van der Waals surface area contributed by atoms with Crippen LogP contribution in [0.15, 0.2) is 51.9 Å². The van der Waals surface area contributed by atoms with E-state index in [1.54, 1.807) is 38.1 Å². The third-order valence-corrected chi connectivity index (χ3v) is 9.73. The van der Waals surface area contributed by atoms with Crippen molar-refractivity contribution >= 4 is 34.1 Å². The number of aliphatic hydroxyl groups is 1. The van der Waals surface area contributed by atoms with Crippen LogP contribution in [0.3, 0.4) is 0 Å². The standard InChI is InChI=1S/C25H34N2O8S2Si/c1-18-19(2)26-34-25(18)27(17-33-13-14-38(4,5)6)37(31,32)24-10-8-7-9-22(24)21-12-11-20(16-28)15-23(21)35-36(3,29)30/h7-12,15,28H,13-14,16-17H2,1-6H3. The molecule has 10 nitrogen and oxygen atoms in total. The Hall–Kier alpha value is -2.71. The first-order valence-corrected chi connectivity index (χ1v) is 18.9. The Labute approximate surface area is 225 Å². The summed E-state index contributed by atoms with van der Waals surface area (Å²) >= 11 is 0. The van der Waals surface area contributed by atoms with Crippen LogP contribution in [-0.4, -0.2) is 54.8 Å². The maximum atomic E-state index is 14.2. The van der Waals surface area contributed by atoms with Crippen molar-refractivity contribution in [3.05, 3.63) is 59.3 Å².